The highest BCUT2D eigenvalue weighted by atomic mass is 16.6. The van der Waals surface area contributed by atoms with Crippen molar-refractivity contribution in [2.45, 2.75) is 109 Å². The second-order valence-electron chi connectivity index (χ2n) is 7.67. The minimum Gasteiger partial charge on any atom is -0.351 e. The predicted molar refractivity (Wildman–Crippen MR) is 103 cm³/mol. The van der Waals surface area contributed by atoms with E-state index in [1.54, 1.807) is 14.1 Å². The molecule has 4 heteroatoms. The zero-order valence-electron chi connectivity index (χ0n) is 16.7. The molecule has 25 heavy (non-hydrogen) atoms. The van der Waals surface area contributed by atoms with E-state index in [0.29, 0.717) is 6.42 Å². The van der Waals surface area contributed by atoms with Gasteiger partial charge in [-0.15, -0.1) is 0 Å². The maximum absolute atomic E-state index is 11.9. The van der Waals surface area contributed by atoms with Crippen molar-refractivity contribution in [1.29, 1.82) is 0 Å². The van der Waals surface area contributed by atoms with Gasteiger partial charge in [0.25, 0.3) is 5.91 Å². The molecule has 0 radical (unpaired) electrons. The van der Waals surface area contributed by atoms with Crippen molar-refractivity contribution in [3.8, 4) is 0 Å². The first-order valence-corrected chi connectivity index (χ1v) is 10.5. The maximum Gasteiger partial charge on any atom is 0.254 e. The summed E-state index contributed by atoms with van der Waals surface area (Å²) in [5, 5.41) is 0. The van der Waals surface area contributed by atoms with E-state index in [4.69, 9.17) is 4.74 Å². The number of rotatable bonds is 16. The lowest BCUT2D eigenvalue weighted by molar-refractivity contribution is -0.130. The van der Waals surface area contributed by atoms with Crippen LogP contribution in [0.2, 0.25) is 0 Å². The Morgan fingerprint density at radius 1 is 0.720 bits per heavy atom. The molecule has 0 aromatic rings. The molecule has 0 saturated carbocycles. The van der Waals surface area contributed by atoms with Crippen molar-refractivity contribution in [1.82, 2.24) is 4.90 Å². The zero-order chi connectivity index (χ0) is 18.5. The van der Waals surface area contributed by atoms with Gasteiger partial charge in [-0.25, -0.2) is 0 Å². The van der Waals surface area contributed by atoms with Crippen molar-refractivity contribution in [3.63, 3.8) is 0 Å². The summed E-state index contributed by atoms with van der Waals surface area (Å²) >= 11 is 0. The van der Waals surface area contributed by atoms with Crippen LogP contribution >= 0.6 is 0 Å². The number of Topliss-reactive ketones (excluding diaryl/α,β-unsaturated/α-hetero) is 1. The second kappa shape index (κ2) is 13.3. The lowest BCUT2D eigenvalue weighted by Gasteiger charge is -2.06. The first-order valence-electron chi connectivity index (χ1n) is 10.5. The number of epoxide rings is 1. The molecule has 0 aromatic carbocycles. The van der Waals surface area contributed by atoms with E-state index < -0.39 is 12.2 Å². The van der Waals surface area contributed by atoms with E-state index in [-0.39, 0.29) is 11.7 Å². The van der Waals surface area contributed by atoms with Crippen LogP contribution in [0.5, 0.6) is 0 Å². The van der Waals surface area contributed by atoms with Gasteiger partial charge in [-0.05, 0) is 6.42 Å². The molecule has 0 aliphatic carbocycles. The fourth-order valence-corrected chi connectivity index (χ4v) is 3.26. The van der Waals surface area contributed by atoms with Crippen molar-refractivity contribution < 1.29 is 14.3 Å². The monoisotopic (exact) mass is 353 g/mol. The molecule has 4 nitrogen and oxygen atoms in total. The number of nitrogens with zero attached hydrogens (tertiary/aromatic N) is 1. The Hall–Kier alpha value is -0.900. The summed E-state index contributed by atoms with van der Waals surface area (Å²) in [6.07, 6.45) is 16.5. The lowest BCUT2D eigenvalue weighted by Crippen LogP contribution is -2.29. The topological polar surface area (TPSA) is 49.9 Å². The number of hydrogen-bond acceptors (Lipinski definition) is 3. The van der Waals surface area contributed by atoms with Crippen LogP contribution in [-0.2, 0) is 14.3 Å². The fraction of sp³-hybridized carbons (Fsp3) is 0.905. The van der Waals surface area contributed by atoms with Crippen LogP contribution in [0, 0.1) is 0 Å². The lowest BCUT2D eigenvalue weighted by atomic mass is 10.0. The molecule has 0 aromatic heterocycles. The van der Waals surface area contributed by atoms with Gasteiger partial charge in [-0.2, -0.15) is 0 Å². The van der Waals surface area contributed by atoms with Crippen LogP contribution in [0.3, 0.4) is 0 Å². The van der Waals surface area contributed by atoms with Gasteiger partial charge >= 0.3 is 0 Å². The van der Waals surface area contributed by atoms with E-state index in [2.05, 4.69) is 6.92 Å². The zero-order valence-corrected chi connectivity index (χ0v) is 16.7. The molecular formula is C21H39NO3. The van der Waals surface area contributed by atoms with Crippen molar-refractivity contribution in [3.05, 3.63) is 0 Å². The van der Waals surface area contributed by atoms with Crippen LogP contribution in [0.15, 0.2) is 0 Å². The molecular weight excluding hydrogens is 314 g/mol. The number of carbonyl (C=O) groups excluding carboxylic acids is 2. The number of ether oxygens (including phenoxy) is 1. The molecule has 0 bridgehead atoms. The molecule has 2 atom stereocenters. The first kappa shape index (κ1) is 22.1. The Morgan fingerprint density at radius 3 is 1.60 bits per heavy atom. The molecule has 146 valence electrons. The van der Waals surface area contributed by atoms with Crippen LogP contribution in [0.4, 0.5) is 0 Å². The summed E-state index contributed by atoms with van der Waals surface area (Å²) in [6, 6.07) is 0. The molecule has 1 amide bonds. The summed E-state index contributed by atoms with van der Waals surface area (Å²) in [5.74, 6) is 0.00647. The molecule has 0 unspecified atom stereocenters. The SMILES string of the molecule is CCCCCCCCCCCCCCCC(=O)[C@@H]1O[C@@H]1C(=O)N(C)C. The predicted octanol–water partition coefficient (Wildman–Crippen LogP) is 4.89. The van der Waals surface area contributed by atoms with Gasteiger partial charge in [-0.1, -0.05) is 84.0 Å². The van der Waals surface area contributed by atoms with Gasteiger partial charge in [0.05, 0.1) is 0 Å². The van der Waals surface area contributed by atoms with Crippen LogP contribution in [-0.4, -0.2) is 42.9 Å². The molecule has 1 aliphatic heterocycles. The summed E-state index contributed by atoms with van der Waals surface area (Å²) in [6.45, 7) is 2.26. The average Bonchev–Trinajstić information content (AvgIpc) is 3.38. The van der Waals surface area contributed by atoms with Gasteiger partial charge in [0.1, 0.15) is 0 Å². The van der Waals surface area contributed by atoms with E-state index >= 15 is 0 Å². The highest BCUT2D eigenvalue weighted by Gasteiger charge is 2.49. The summed E-state index contributed by atoms with van der Waals surface area (Å²) in [5.41, 5.74) is 0. The summed E-state index contributed by atoms with van der Waals surface area (Å²) < 4.78 is 5.23. The quantitative estimate of drug-likeness (QED) is 0.293. The number of unbranched alkanes of at least 4 members (excludes halogenated alkanes) is 12. The molecule has 0 spiro atoms. The van der Waals surface area contributed by atoms with Gasteiger partial charge in [0, 0.05) is 20.5 Å². The van der Waals surface area contributed by atoms with Gasteiger partial charge in [0.2, 0.25) is 0 Å². The first-order chi connectivity index (χ1) is 12.1. The van der Waals surface area contributed by atoms with E-state index in [1.165, 1.54) is 75.5 Å². The largest absolute Gasteiger partial charge is 0.351 e. The van der Waals surface area contributed by atoms with Crippen molar-refractivity contribution in [2.75, 3.05) is 14.1 Å². The highest BCUT2D eigenvalue weighted by Crippen LogP contribution is 2.26. The maximum atomic E-state index is 11.9. The molecule has 1 saturated heterocycles. The van der Waals surface area contributed by atoms with Crippen LogP contribution in [0.25, 0.3) is 0 Å². The van der Waals surface area contributed by atoms with Gasteiger partial charge in [-0.3, -0.25) is 9.59 Å². The minimum atomic E-state index is -0.510. The van der Waals surface area contributed by atoms with Crippen molar-refractivity contribution >= 4 is 11.7 Å². The normalized spacial score (nSPS) is 19.0. The Labute approximate surface area is 154 Å². The standard InChI is InChI=1S/C21H39NO3/c1-4-5-6-7-8-9-10-11-12-13-14-15-16-17-18(23)19-20(25-19)21(24)22(2)3/h19-20H,4-17H2,1-3H3/t19-,20-/m0/s1. The highest BCUT2D eigenvalue weighted by molar-refractivity contribution is 5.95. The van der Waals surface area contributed by atoms with Crippen LogP contribution in [0.1, 0.15) is 96.8 Å². The number of likely N-dealkylation sites (N-methyl/N-ethyl adjacent to an activating group) is 1. The Bertz CT molecular complexity index is 381. The molecule has 0 N–H and O–H groups in total. The third-order valence-electron chi connectivity index (χ3n) is 5.02. The summed E-state index contributed by atoms with van der Waals surface area (Å²) in [4.78, 5) is 25.1. The van der Waals surface area contributed by atoms with Crippen LogP contribution < -0.4 is 0 Å². The molecule has 1 fully saturated rings. The Balaban J connectivity index is 1.83. The Morgan fingerprint density at radius 2 is 1.16 bits per heavy atom. The number of ketones is 1. The molecule has 1 rings (SSSR count). The Kier molecular flexibility index (Phi) is 11.8. The smallest absolute Gasteiger partial charge is 0.254 e. The second-order valence-corrected chi connectivity index (χ2v) is 7.67. The molecule has 1 aliphatic rings. The number of hydrogen-bond donors (Lipinski definition) is 0. The van der Waals surface area contributed by atoms with Crippen molar-refractivity contribution in [2.24, 2.45) is 0 Å². The van der Waals surface area contributed by atoms with E-state index in [0.717, 1.165) is 12.8 Å². The fourth-order valence-electron chi connectivity index (χ4n) is 3.26. The van der Waals surface area contributed by atoms with Gasteiger partial charge < -0.3 is 9.64 Å². The number of amides is 1. The van der Waals surface area contributed by atoms with E-state index in [1.807, 2.05) is 0 Å². The summed E-state index contributed by atoms with van der Waals surface area (Å²) in [7, 11) is 3.38. The molecule has 1 heterocycles. The third kappa shape index (κ3) is 9.98. The average molecular weight is 354 g/mol. The number of carbonyl (C=O) groups is 2. The van der Waals surface area contributed by atoms with Gasteiger partial charge in [0.15, 0.2) is 18.0 Å². The minimum absolute atomic E-state index is 0.0938. The van der Waals surface area contributed by atoms with E-state index in [9.17, 15) is 9.59 Å². The third-order valence-corrected chi connectivity index (χ3v) is 5.02.